The standard InChI is InChI=1S/C14H16F2N4O/c1-3-17-11-7-12(20-13(19-11)8-21-2)18-10-6-4-5-9(15)14(10)16/h4-7H,3,8H2,1-2H3,(H2,17,18,19,20). The van der Waals surface area contributed by atoms with Gasteiger partial charge in [-0.15, -0.1) is 0 Å². The van der Waals surface area contributed by atoms with Crippen molar-refractivity contribution in [3.8, 4) is 0 Å². The fourth-order valence-electron chi connectivity index (χ4n) is 1.76. The van der Waals surface area contributed by atoms with Gasteiger partial charge in [0, 0.05) is 19.7 Å². The number of hydrogen-bond acceptors (Lipinski definition) is 5. The van der Waals surface area contributed by atoms with Crippen molar-refractivity contribution < 1.29 is 13.5 Å². The maximum absolute atomic E-state index is 13.7. The molecule has 5 nitrogen and oxygen atoms in total. The topological polar surface area (TPSA) is 59.1 Å². The van der Waals surface area contributed by atoms with E-state index in [-0.39, 0.29) is 12.3 Å². The van der Waals surface area contributed by atoms with Crippen LogP contribution in [0, 0.1) is 11.6 Å². The number of ether oxygens (including phenoxy) is 1. The third-order valence-electron chi connectivity index (χ3n) is 2.62. The zero-order valence-electron chi connectivity index (χ0n) is 11.8. The smallest absolute Gasteiger partial charge is 0.182 e. The number of benzene rings is 1. The fraction of sp³-hybridized carbons (Fsp3) is 0.286. The zero-order valence-corrected chi connectivity index (χ0v) is 11.8. The van der Waals surface area contributed by atoms with Gasteiger partial charge in [0.2, 0.25) is 0 Å². The Kier molecular flexibility index (Phi) is 4.99. The summed E-state index contributed by atoms with van der Waals surface area (Å²) in [5.74, 6) is -0.487. The number of hydrogen-bond donors (Lipinski definition) is 2. The molecule has 0 atom stereocenters. The summed E-state index contributed by atoms with van der Waals surface area (Å²) < 4.78 is 31.9. The van der Waals surface area contributed by atoms with Crippen LogP contribution in [0.4, 0.5) is 26.1 Å². The molecule has 1 heterocycles. The first kappa shape index (κ1) is 15.1. The van der Waals surface area contributed by atoms with Gasteiger partial charge < -0.3 is 15.4 Å². The van der Waals surface area contributed by atoms with Gasteiger partial charge in [0.1, 0.15) is 18.2 Å². The van der Waals surface area contributed by atoms with E-state index in [0.29, 0.717) is 24.0 Å². The molecule has 0 saturated carbocycles. The Hall–Kier alpha value is -2.28. The largest absolute Gasteiger partial charge is 0.377 e. The quantitative estimate of drug-likeness (QED) is 0.857. The summed E-state index contributed by atoms with van der Waals surface area (Å²) in [6.07, 6.45) is 0. The molecule has 2 rings (SSSR count). The predicted octanol–water partition coefficient (Wildman–Crippen LogP) is 3.08. The minimum Gasteiger partial charge on any atom is -0.377 e. The van der Waals surface area contributed by atoms with E-state index in [1.165, 1.54) is 19.2 Å². The monoisotopic (exact) mass is 294 g/mol. The zero-order chi connectivity index (χ0) is 15.2. The molecule has 0 amide bonds. The molecule has 7 heteroatoms. The van der Waals surface area contributed by atoms with Gasteiger partial charge in [-0.1, -0.05) is 6.07 Å². The van der Waals surface area contributed by atoms with Crippen molar-refractivity contribution in [3.63, 3.8) is 0 Å². The van der Waals surface area contributed by atoms with E-state index < -0.39 is 11.6 Å². The molecule has 1 aromatic carbocycles. The molecule has 0 radical (unpaired) electrons. The van der Waals surface area contributed by atoms with Crippen LogP contribution >= 0.6 is 0 Å². The highest BCUT2D eigenvalue weighted by molar-refractivity contribution is 5.59. The van der Waals surface area contributed by atoms with Crippen LogP contribution in [-0.2, 0) is 11.3 Å². The van der Waals surface area contributed by atoms with E-state index in [1.54, 1.807) is 6.07 Å². The lowest BCUT2D eigenvalue weighted by atomic mass is 10.3. The average Bonchev–Trinajstić information content (AvgIpc) is 2.44. The summed E-state index contributed by atoms with van der Waals surface area (Å²) in [6.45, 7) is 2.83. The number of aromatic nitrogens is 2. The van der Waals surface area contributed by atoms with Crippen LogP contribution in [0.5, 0.6) is 0 Å². The van der Waals surface area contributed by atoms with E-state index in [0.717, 1.165) is 6.07 Å². The molecule has 2 N–H and O–H groups in total. The Morgan fingerprint density at radius 2 is 1.95 bits per heavy atom. The van der Waals surface area contributed by atoms with Crippen molar-refractivity contribution in [3.05, 3.63) is 41.7 Å². The summed E-state index contributed by atoms with van der Waals surface area (Å²) >= 11 is 0. The lowest BCUT2D eigenvalue weighted by molar-refractivity contribution is 0.178. The first-order valence-corrected chi connectivity index (χ1v) is 6.45. The maximum Gasteiger partial charge on any atom is 0.182 e. The van der Waals surface area contributed by atoms with Crippen LogP contribution in [0.3, 0.4) is 0 Å². The molecule has 0 bridgehead atoms. The third kappa shape index (κ3) is 3.85. The van der Waals surface area contributed by atoms with E-state index >= 15 is 0 Å². The SMILES string of the molecule is CCNc1cc(Nc2cccc(F)c2F)nc(COC)n1. The van der Waals surface area contributed by atoms with Gasteiger partial charge in [0.05, 0.1) is 5.69 Å². The second-order valence-electron chi connectivity index (χ2n) is 4.24. The lowest BCUT2D eigenvalue weighted by Crippen LogP contribution is -2.07. The highest BCUT2D eigenvalue weighted by atomic mass is 19.2. The Balaban J connectivity index is 2.31. The van der Waals surface area contributed by atoms with Crippen LogP contribution in [0.15, 0.2) is 24.3 Å². The first-order chi connectivity index (χ1) is 10.1. The Labute approximate surface area is 121 Å². The van der Waals surface area contributed by atoms with Gasteiger partial charge in [-0.25, -0.2) is 18.7 Å². The lowest BCUT2D eigenvalue weighted by Gasteiger charge is -2.11. The third-order valence-corrected chi connectivity index (χ3v) is 2.62. The van der Waals surface area contributed by atoms with Crippen molar-refractivity contribution >= 4 is 17.3 Å². The first-order valence-electron chi connectivity index (χ1n) is 6.45. The molecule has 1 aromatic heterocycles. The van der Waals surface area contributed by atoms with Gasteiger partial charge in [-0.3, -0.25) is 0 Å². The number of anilines is 3. The highest BCUT2D eigenvalue weighted by Crippen LogP contribution is 2.22. The van der Waals surface area contributed by atoms with Crippen molar-refractivity contribution in [2.75, 3.05) is 24.3 Å². The van der Waals surface area contributed by atoms with Crippen LogP contribution in [0.2, 0.25) is 0 Å². The summed E-state index contributed by atoms with van der Waals surface area (Å²) in [6, 6.07) is 5.53. The molecule has 0 spiro atoms. The predicted molar refractivity (Wildman–Crippen MR) is 76.5 cm³/mol. The Morgan fingerprint density at radius 1 is 1.19 bits per heavy atom. The van der Waals surface area contributed by atoms with E-state index in [2.05, 4.69) is 20.6 Å². The molecular formula is C14H16F2N4O. The highest BCUT2D eigenvalue weighted by Gasteiger charge is 2.10. The number of nitrogens with zero attached hydrogens (tertiary/aromatic N) is 2. The van der Waals surface area contributed by atoms with Gasteiger partial charge >= 0.3 is 0 Å². The van der Waals surface area contributed by atoms with E-state index in [1.807, 2.05) is 6.92 Å². The summed E-state index contributed by atoms with van der Waals surface area (Å²) in [7, 11) is 1.53. The molecule has 0 fully saturated rings. The maximum atomic E-state index is 13.7. The molecular weight excluding hydrogens is 278 g/mol. The van der Waals surface area contributed by atoms with Crippen LogP contribution in [-0.4, -0.2) is 23.6 Å². The number of halogens is 2. The van der Waals surface area contributed by atoms with Crippen LogP contribution < -0.4 is 10.6 Å². The average molecular weight is 294 g/mol. The van der Waals surface area contributed by atoms with Crippen molar-refractivity contribution in [2.45, 2.75) is 13.5 Å². The van der Waals surface area contributed by atoms with Crippen LogP contribution in [0.25, 0.3) is 0 Å². The van der Waals surface area contributed by atoms with E-state index in [9.17, 15) is 8.78 Å². The van der Waals surface area contributed by atoms with E-state index in [4.69, 9.17) is 4.74 Å². The Morgan fingerprint density at radius 3 is 2.67 bits per heavy atom. The second-order valence-corrected chi connectivity index (χ2v) is 4.24. The number of methoxy groups -OCH3 is 1. The van der Waals surface area contributed by atoms with Crippen LogP contribution in [0.1, 0.15) is 12.7 Å². The van der Waals surface area contributed by atoms with Gasteiger partial charge in [-0.05, 0) is 19.1 Å². The molecule has 0 aliphatic heterocycles. The number of nitrogens with one attached hydrogen (secondary N) is 2. The summed E-state index contributed by atoms with van der Waals surface area (Å²) in [4.78, 5) is 8.43. The summed E-state index contributed by atoms with van der Waals surface area (Å²) in [5, 5.41) is 5.79. The van der Waals surface area contributed by atoms with Gasteiger partial charge in [0.15, 0.2) is 17.5 Å². The molecule has 0 aliphatic carbocycles. The fourth-order valence-corrected chi connectivity index (χ4v) is 1.76. The van der Waals surface area contributed by atoms with Gasteiger partial charge in [-0.2, -0.15) is 0 Å². The Bertz CT molecular complexity index is 598. The molecule has 0 unspecified atom stereocenters. The minimum atomic E-state index is -0.950. The summed E-state index contributed by atoms with van der Waals surface area (Å²) in [5.41, 5.74) is 0.0134. The second kappa shape index (κ2) is 6.94. The molecule has 2 aromatic rings. The van der Waals surface area contributed by atoms with Crippen molar-refractivity contribution in [2.24, 2.45) is 0 Å². The minimum absolute atomic E-state index is 0.0134. The van der Waals surface area contributed by atoms with Crippen molar-refractivity contribution in [1.82, 2.24) is 9.97 Å². The molecule has 0 aliphatic rings. The van der Waals surface area contributed by atoms with Gasteiger partial charge in [0.25, 0.3) is 0 Å². The molecule has 21 heavy (non-hydrogen) atoms. The van der Waals surface area contributed by atoms with Crippen molar-refractivity contribution in [1.29, 1.82) is 0 Å². The molecule has 112 valence electrons. The molecule has 0 saturated heterocycles. The number of rotatable bonds is 6. The normalized spacial score (nSPS) is 10.5.